The molecule has 23 heavy (non-hydrogen) atoms. The molecule has 0 spiro atoms. The summed E-state index contributed by atoms with van der Waals surface area (Å²) in [5.41, 5.74) is 2.97. The summed E-state index contributed by atoms with van der Waals surface area (Å²) in [6.45, 7) is 1.62. The molecule has 120 valence electrons. The first-order chi connectivity index (χ1) is 11.1. The Hall–Kier alpha value is -1.65. The van der Waals surface area contributed by atoms with Gasteiger partial charge in [0.05, 0.1) is 5.56 Å². The number of hydrogen-bond acceptors (Lipinski definition) is 2. The fourth-order valence-electron chi connectivity index (χ4n) is 3.23. The Bertz CT molecular complexity index is 693. The second-order valence-electron chi connectivity index (χ2n) is 6.25. The first kappa shape index (κ1) is 16.2. The largest absolute Gasteiger partial charge is 0.478 e. The van der Waals surface area contributed by atoms with Gasteiger partial charge in [0.2, 0.25) is 0 Å². The number of hydrogen-bond donors (Lipinski definition) is 2. The van der Waals surface area contributed by atoms with Crippen LogP contribution >= 0.6 is 15.9 Å². The first-order valence-electron chi connectivity index (χ1n) is 7.88. The van der Waals surface area contributed by atoms with E-state index in [1.54, 1.807) is 18.2 Å². The molecule has 2 aromatic rings. The molecule has 0 amide bonds. The van der Waals surface area contributed by atoms with Crippen molar-refractivity contribution in [3.63, 3.8) is 0 Å². The van der Waals surface area contributed by atoms with Gasteiger partial charge in [0.25, 0.3) is 0 Å². The van der Waals surface area contributed by atoms with Crippen LogP contribution in [0.4, 0.5) is 0 Å². The van der Waals surface area contributed by atoms with Crippen molar-refractivity contribution in [3.05, 3.63) is 69.7 Å². The molecule has 1 aliphatic rings. The van der Waals surface area contributed by atoms with Gasteiger partial charge in [0.15, 0.2) is 0 Å². The lowest BCUT2D eigenvalue weighted by molar-refractivity contribution is 0.0696. The van der Waals surface area contributed by atoms with Gasteiger partial charge in [-0.05, 0) is 48.2 Å². The van der Waals surface area contributed by atoms with E-state index < -0.39 is 5.97 Å². The topological polar surface area (TPSA) is 49.3 Å². The molecule has 0 unspecified atom stereocenters. The van der Waals surface area contributed by atoms with Gasteiger partial charge in [-0.25, -0.2) is 4.79 Å². The number of carboxylic acids is 1. The molecule has 0 aromatic heterocycles. The van der Waals surface area contributed by atoms with Crippen LogP contribution in [-0.2, 0) is 12.0 Å². The van der Waals surface area contributed by atoms with Crippen LogP contribution < -0.4 is 5.32 Å². The van der Waals surface area contributed by atoms with Crippen LogP contribution in [0.1, 0.15) is 40.7 Å². The van der Waals surface area contributed by atoms with Gasteiger partial charge in [-0.15, -0.1) is 0 Å². The summed E-state index contributed by atoms with van der Waals surface area (Å²) in [6.07, 6.45) is 3.68. The molecule has 4 heteroatoms. The Morgan fingerprint density at radius 1 is 1.17 bits per heavy atom. The fourth-order valence-corrected chi connectivity index (χ4v) is 3.50. The van der Waals surface area contributed by atoms with Crippen molar-refractivity contribution in [2.24, 2.45) is 0 Å². The maximum absolute atomic E-state index is 11.0. The minimum absolute atomic E-state index is 0.227. The second kappa shape index (κ2) is 6.85. The maximum Gasteiger partial charge on any atom is 0.335 e. The molecular formula is C19H20BrNO2. The van der Waals surface area contributed by atoms with Crippen molar-refractivity contribution < 1.29 is 9.90 Å². The Labute approximate surface area is 144 Å². The summed E-state index contributed by atoms with van der Waals surface area (Å²) >= 11 is 3.49. The van der Waals surface area contributed by atoms with E-state index in [9.17, 15) is 4.79 Å². The van der Waals surface area contributed by atoms with E-state index in [1.807, 2.05) is 6.07 Å². The number of carbonyl (C=O) groups is 1. The van der Waals surface area contributed by atoms with Crippen LogP contribution in [-0.4, -0.2) is 17.6 Å². The standard InChI is InChI=1S/C19H20BrNO2/c20-17-7-5-16(6-8-17)19(9-2-10-19)13-21-12-14-3-1-4-15(11-14)18(22)23/h1,3-8,11,21H,2,9-10,12-13H2,(H,22,23). The van der Waals surface area contributed by atoms with Crippen molar-refractivity contribution in [3.8, 4) is 0 Å². The lowest BCUT2D eigenvalue weighted by atomic mass is 9.64. The van der Waals surface area contributed by atoms with E-state index in [0.29, 0.717) is 12.1 Å². The zero-order valence-electron chi connectivity index (χ0n) is 12.9. The van der Waals surface area contributed by atoms with Crippen LogP contribution in [0.15, 0.2) is 53.0 Å². The molecule has 3 rings (SSSR count). The minimum Gasteiger partial charge on any atom is -0.478 e. The molecule has 0 atom stereocenters. The third-order valence-corrected chi connectivity index (χ3v) is 5.26. The minimum atomic E-state index is -0.878. The van der Waals surface area contributed by atoms with E-state index >= 15 is 0 Å². The number of rotatable bonds is 6. The summed E-state index contributed by atoms with van der Waals surface area (Å²) in [4.78, 5) is 11.0. The smallest absolute Gasteiger partial charge is 0.335 e. The SMILES string of the molecule is O=C(O)c1cccc(CNCC2(c3ccc(Br)cc3)CCC2)c1. The first-order valence-corrected chi connectivity index (χ1v) is 8.67. The summed E-state index contributed by atoms with van der Waals surface area (Å²) in [6, 6.07) is 15.7. The highest BCUT2D eigenvalue weighted by atomic mass is 79.9. The summed E-state index contributed by atoms with van der Waals surface area (Å²) in [5, 5.41) is 12.6. The summed E-state index contributed by atoms with van der Waals surface area (Å²) in [7, 11) is 0. The van der Waals surface area contributed by atoms with E-state index in [0.717, 1.165) is 16.6 Å². The predicted octanol–water partition coefficient (Wildman–Crippen LogP) is 4.36. The Balaban J connectivity index is 1.64. The van der Waals surface area contributed by atoms with Crippen molar-refractivity contribution in [2.75, 3.05) is 6.54 Å². The number of nitrogens with one attached hydrogen (secondary N) is 1. The van der Waals surface area contributed by atoms with Crippen molar-refractivity contribution in [1.82, 2.24) is 5.32 Å². The normalized spacial score (nSPS) is 15.9. The van der Waals surface area contributed by atoms with Crippen molar-refractivity contribution in [1.29, 1.82) is 0 Å². The molecule has 2 aromatic carbocycles. The lowest BCUT2D eigenvalue weighted by Gasteiger charge is -2.43. The molecule has 3 nitrogen and oxygen atoms in total. The molecule has 0 saturated heterocycles. The monoisotopic (exact) mass is 373 g/mol. The number of benzene rings is 2. The third kappa shape index (κ3) is 3.65. The number of aromatic carboxylic acids is 1. The average molecular weight is 374 g/mol. The lowest BCUT2D eigenvalue weighted by Crippen LogP contribution is -2.43. The number of halogens is 1. The van der Waals surface area contributed by atoms with E-state index in [2.05, 4.69) is 45.5 Å². The predicted molar refractivity (Wildman–Crippen MR) is 94.8 cm³/mol. The molecular weight excluding hydrogens is 354 g/mol. The van der Waals surface area contributed by atoms with Gasteiger partial charge in [-0.1, -0.05) is 46.6 Å². The molecule has 1 aliphatic carbocycles. The van der Waals surface area contributed by atoms with Gasteiger partial charge in [0, 0.05) is 23.0 Å². The van der Waals surface area contributed by atoms with Crippen LogP contribution in [0.3, 0.4) is 0 Å². The van der Waals surface area contributed by atoms with Crippen LogP contribution in [0.5, 0.6) is 0 Å². The van der Waals surface area contributed by atoms with Gasteiger partial charge in [0.1, 0.15) is 0 Å². The highest BCUT2D eigenvalue weighted by Crippen LogP contribution is 2.43. The molecule has 1 saturated carbocycles. The third-order valence-electron chi connectivity index (χ3n) is 4.73. The average Bonchev–Trinajstić information content (AvgIpc) is 2.51. The summed E-state index contributed by atoms with van der Waals surface area (Å²) in [5.74, 6) is -0.878. The highest BCUT2D eigenvalue weighted by Gasteiger charge is 2.38. The van der Waals surface area contributed by atoms with Crippen LogP contribution in [0, 0.1) is 0 Å². The summed E-state index contributed by atoms with van der Waals surface area (Å²) < 4.78 is 1.11. The van der Waals surface area contributed by atoms with Gasteiger partial charge in [-0.2, -0.15) is 0 Å². The Morgan fingerprint density at radius 3 is 2.52 bits per heavy atom. The molecule has 0 bridgehead atoms. The number of carboxylic acid groups (broad SMARTS) is 1. The molecule has 1 fully saturated rings. The molecule has 0 heterocycles. The quantitative estimate of drug-likeness (QED) is 0.790. The Kier molecular flexibility index (Phi) is 4.83. The Morgan fingerprint density at radius 2 is 1.91 bits per heavy atom. The van der Waals surface area contributed by atoms with Gasteiger partial charge in [-0.3, -0.25) is 0 Å². The highest BCUT2D eigenvalue weighted by molar-refractivity contribution is 9.10. The van der Waals surface area contributed by atoms with E-state index in [1.165, 1.54) is 24.8 Å². The molecule has 0 aliphatic heterocycles. The molecule has 0 radical (unpaired) electrons. The zero-order valence-corrected chi connectivity index (χ0v) is 14.5. The fraction of sp³-hybridized carbons (Fsp3) is 0.316. The van der Waals surface area contributed by atoms with Crippen molar-refractivity contribution in [2.45, 2.75) is 31.2 Å². The second-order valence-corrected chi connectivity index (χ2v) is 7.17. The van der Waals surface area contributed by atoms with Gasteiger partial charge >= 0.3 is 5.97 Å². The van der Waals surface area contributed by atoms with E-state index in [-0.39, 0.29) is 5.41 Å². The zero-order chi connectivity index (χ0) is 16.3. The maximum atomic E-state index is 11.0. The molecule has 2 N–H and O–H groups in total. The van der Waals surface area contributed by atoms with Crippen LogP contribution in [0.2, 0.25) is 0 Å². The van der Waals surface area contributed by atoms with Crippen LogP contribution in [0.25, 0.3) is 0 Å². The van der Waals surface area contributed by atoms with E-state index in [4.69, 9.17) is 5.11 Å². The van der Waals surface area contributed by atoms with Gasteiger partial charge < -0.3 is 10.4 Å². The van der Waals surface area contributed by atoms with Crippen molar-refractivity contribution >= 4 is 21.9 Å².